The Kier molecular flexibility index (Phi) is 5.73. The van der Waals surface area contributed by atoms with E-state index in [0.29, 0.717) is 12.2 Å². The van der Waals surface area contributed by atoms with Crippen molar-refractivity contribution >= 4 is 18.0 Å². The van der Waals surface area contributed by atoms with Gasteiger partial charge in [-0.3, -0.25) is 4.79 Å². The summed E-state index contributed by atoms with van der Waals surface area (Å²) in [5.74, 6) is -1.73. The van der Waals surface area contributed by atoms with Crippen LogP contribution in [0.1, 0.15) is 29.3 Å². The van der Waals surface area contributed by atoms with Crippen molar-refractivity contribution < 1.29 is 23.5 Å². The minimum absolute atomic E-state index is 0.119. The van der Waals surface area contributed by atoms with E-state index in [1.54, 1.807) is 25.1 Å². The fourth-order valence-corrected chi connectivity index (χ4v) is 1.42. The van der Waals surface area contributed by atoms with Crippen LogP contribution in [0.2, 0.25) is 0 Å². The molecule has 0 saturated carbocycles. The van der Waals surface area contributed by atoms with E-state index in [-0.39, 0.29) is 18.0 Å². The molecule has 19 heavy (non-hydrogen) atoms. The molecule has 0 radical (unpaired) electrons. The van der Waals surface area contributed by atoms with Crippen LogP contribution in [0.3, 0.4) is 0 Å². The second-order valence-electron chi connectivity index (χ2n) is 3.64. The molecule has 0 aliphatic carbocycles. The summed E-state index contributed by atoms with van der Waals surface area (Å²) < 4.78 is 22.7. The first kappa shape index (κ1) is 14.9. The van der Waals surface area contributed by atoms with Gasteiger partial charge < -0.3 is 9.47 Å². The molecule has 0 aliphatic heterocycles. The smallest absolute Gasteiger partial charge is 0.340 e. The minimum Gasteiger partial charge on any atom is -0.466 e. The van der Waals surface area contributed by atoms with E-state index in [9.17, 15) is 14.0 Å². The lowest BCUT2D eigenvalue weighted by Crippen LogP contribution is -2.04. The summed E-state index contributed by atoms with van der Waals surface area (Å²) in [5.41, 5.74) is 0.430. The normalized spacial score (nSPS) is 10.5. The van der Waals surface area contributed by atoms with Crippen LogP contribution in [0.15, 0.2) is 24.3 Å². The van der Waals surface area contributed by atoms with Crippen LogP contribution in [0.4, 0.5) is 4.39 Å². The first-order valence-corrected chi connectivity index (χ1v) is 5.78. The molecule has 0 bridgehead atoms. The minimum atomic E-state index is -0.723. The average Bonchev–Trinajstić information content (AvgIpc) is 2.38. The molecule has 0 aromatic heterocycles. The maximum Gasteiger partial charge on any atom is 0.340 e. The van der Waals surface area contributed by atoms with Gasteiger partial charge in [0.05, 0.1) is 25.7 Å². The lowest BCUT2D eigenvalue weighted by Gasteiger charge is -2.02. The lowest BCUT2D eigenvalue weighted by molar-refractivity contribution is -0.142. The van der Waals surface area contributed by atoms with E-state index in [2.05, 4.69) is 4.74 Å². The number of hydrogen-bond acceptors (Lipinski definition) is 4. The van der Waals surface area contributed by atoms with Gasteiger partial charge in [-0.2, -0.15) is 0 Å². The number of methoxy groups -OCH3 is 1. The van der Waals surface area contributed by atoms with Gasteiger partial charge in [-0.05, 0) is 24.6 Å². The largest absolute Gasteiger partial charge is 0.466 e. The molecule has 0 spiro atoms. The molecule has 0 atom stereocenters. The Morgan fingerprint density at radius 1 is 1.37 bits per heavy atom. The van der Waals surface area contributed by atoms with Crippen molar-refractivity contribution in [2.24, 2.45) is 0 Å². The van der Waals surface area contributed by atoms with Crippen molar-refractivity contribution in [3.05, 3.63) is 41.2 Å². The van der Waals surface area contributed by atoms with Crippen molar-refractivity contribution in [1.29, 1.82) is 0 Å². The summed E-state index contributed by atoms with van der Waals surface area (Å²) >= 11 is 0. The highest BCUT2D eigenvalue weighted by atomic mass is 19.1. The molecule has 0 fully saturated rings. The number of hydrogen-bond donors (Lipinski definition) is 0. The predicted molar refractivity (Wildman–Crippen MR) is 68.0 cm³/mol. The third-order valence-electron chi connectivity index (χ3n) is 2.30. The third kappa shape index (κ3) is 4.54. The fraction of sp³-hybridized carbons (Fsp3) is 0.286. The molecule has 0 heterocycles. The maximum atomic E-state index is 13.6. The zero-order valence-corrected chi connectivity index (χ0v) is 10.8. The molecule has 0 N–H and O–H groups in total. The molecular formula is C14H15FO4. The number of carbonyl (C=O) groups excluding carboxylic acids is 2. The molecule has 1 aromatic carbocycles. The molecule has 1 aromatic rings. The van der Waals surface area contributed by atoms with E-state index in [0.717, 1.165) is 0 Å². The second-order valence-corrected chi connectivity index (χ2v) is 3.64. The van der Waals surface area contributed by atoms with Gasteiger partial charge in [0.1, 0.15) is 5.82 Å². The average molecular weight is 266 g/mol. The SMILES string of the molecule is CCOC(=O)CC=Cc1ccc(C(=O)OC)c(F)c1. The molecule has 0 amide bonds. The van der Waals surface area contributed by atoms with Crippen LogP contribution in [-0.4, -0.2) is 25.7 Å². The van der Waals surface area contributed by atoms with E-state index in [4.69, 9.17) is 4.74 Å². The van der Waals surface area contributed by atoms with Crippen LogP contribution in [0.25, 0.3) is 6.08 Å². The van der Waals surface area contributed by atoms with Crippen LogP contribution < -0.4 is 0 Å². The summed E-state index contributed by atoms with van der Waals surface area (Å²) in [7, 11) is 1.19. The van der Waals surface area contributed by atoms with Gasteiger partial charge in [-0.15, -0.1) is 0 Å². The molecule has 5 heteroatoms. The Morgan fingerprint density at radius 2 is 2.11 bits per heavy atom. The van der Waals surface area contributed by atoms with E-state index < -0.39 is 11.8 Å². The summed E-state index contributed by atoms with van der Waals surface area (Å²) in [5, 5.41) is 0. The van der Waals surface area contributed by atoms with Gasteiger partial charge in [-0.1, -0.05) is 18.2 Å². The maximum absolute atomic E-state index is 13.6. The van der Waals surface area contributed by atoms with Crippen LogP contribution in [0, 0.1) is 5.82 Å². The Morgan fingerprint density at radius 3 is 2.68 bits per heavy atom. The molecule has 0 unspecified atom stereocenters. The number of esters is 2. The Labute approximate surface area is 110 Å². The Balaban J connectivity index is 2.71. The number of halogens is 1. The highest BCUT2D eigenvalue weighted by Crippen LogP contribution is 2.13. The van der Waals surface area contributed by atoms with Crippen LogP contribution in [0.5, 0.6) is 0 Å². The van der Waals surface area contributed by atoms with Crippen molar-refractivity contribution in [1.82, 2.24) is 0 Å². The van der Waals surface area contributed by atoms with Crippen molar-refractivity contribution in [2.75, 3.05) is 13.7 Å². The van der Waals surface area contributed by atoms with E-state index in [1.807, 2.05) is 0 Å². The van der Waals surface area contributed by atoms with E-state index >= 15 is 0 Å². The van der Waals surface area contributed by atoms with Gasteiger partial charge >= 0.3 is 11.9 Å². The number of carbonyl (C=O) groups is 2. The molecule has 0 aliphatic rings. The summed E-state index contributed by atoms with van der Waals surface area (Å²) in [4.78, 5) is 22.3. The first-order chi connectivity index (χ1) is 9.08. The first-order valence-electron chi connectivity index (χ1n) is 5.78. The molecular weight excluding hydrogens is 251 g/mol. The highest BCUT2D eigenvalue weighted by Gasteiger charge is 2.11. The van der Waals surface area contributed by atoms with Gasteiger partial charge in [0, 0.05) is 0 Å². The Hall–Kier alpha value is -2.17. The number of ether oxygens (including phenoxy) is 2. The zero-order chi connectivity index (χ0) is 14.3. The standard InChI is InChI=1S/C14H15FO4/c1-3-19-13(16)6-4-5-10-7-8-11(12(15)9-10)14(17)18-2/h4-5,7-9H,3,6H2,1-2H3. The van der Waals surface area contributed by atoms with Crippen LogP contribution >= 0.6 is 0 Å². The van der Waals surface area contributed by atoms with Gasteiger partial charge in [0.2, 0.25) is 0 Å². The van der Waals surface area contributed by atoms with Gasteiger partial charge in [-0.25, -0.2) is 9.18 Å². The number of rotatable bonds is 5. The highest BCUT2D eigenvalue weighted by molar-refractivity contribution is 5.89. The lowest BCUT2D eigenvalue weighted by atomic mass is 10.1. The summed E-state index contributed by atoms with van der Waals surface area (Å²) in [6, 6.07) is 4.11. The molecule has 0 saturated heterocycles. The summed E-state index contributed by atoms with van der Waals surface area (Å²) in [6.45, 7) is 2.05. The fourth-order valence-electron chi connectivity index (χ4n) is 1.42. The monoisotopic (exact) mass is 266 g/mol. The third-order valence-corrected chi connectivity index (χ3v) is 2.30. The predicted octanol–water partition coefficient (Wildman–Crippen LogP) is 2.58. The second kappa shape index (κ2) is 7.31. The Bertz CT molecular complexity index is 494. The van der Waals surface area contributed by atoms with Crippen molar-refractivity contribution in [3.63, 3.8) is 0 Å². The molecule has 102 valence electrons. The molecule has 1 rings (SSSR count). The van der Waals surface area contributed by atoms with Gasteiger partial charge in [0.15, 0.2) is 0 Å². The van der Waals surface area contributed by atoms with Crippen molar-refractivity contribution in [2.45, 2.75) is 13.3 Å². The van der Waals surface area contributed by atoms with E-state index in [1.165, 1.54) is 19.2 Å². The quantitative estimate of drug-likeness (QED) is 0.769. The topological polar surface area (TPSA) is 52.6 Å². The number of benzene rings is 1. The van der Waals surface area contributed by atoms with Crippen molar-refractivity contribution in [3.8, 4) is 0 Å². The molecule has 4 nitrogen and oxygen atoms in total. The van der Waals surface area contributed by atoms with Gasteiger partial charge in [0.25, 0.3) is 0 Å². The van der Waals surface area contributed by atoms with Crippen LogP contribution in [-0.2, 0) is 14.3 Å². The zero-order valence-electron chi connectivity index (χ0n) is 10.8. The summed E-state index contributed by atoms with van der Waals surface area (Å²) in [6.07, 6.45) is 3.28.